The Kier molecular flexibility index (Phi) is 4.32. The summed E-state index contributed by atoms with van der Waals surface area (Å²) in [5.74, 6) is -0.485. The lowest BCUT2D eigenvalue weighted by Gasteiger charge is -2.05. The van der Waals surface area contributed by atoms with Crippen LogP contribution in [0, 0.1) is 0 Å². The number of hydrogen-bond acceptors (Lipinski definition) is 4. The van der Waals surface area contributed by atoms with E-state index in [0.29, 0.717) is 4.47 Å². The largest absolute Gasteiger partial charge is 0.488 e. The topological polar surface area (TPSA) is 66.8 Å². The van der Waals surface area contributed by atoms with Gasteiger partial charge in [0.2, 0.25) is 0 Å². The number of esters is 1. The Balaban J connectivity index is 3.03. The van der Waals surface area contributed by atoms with E-state index < -0.39 is 13.1 Å². The normalized spacial score (nSPS) is 9.87. The Bertz CT molecular complexity index is 367. The molecule has 0 amide bonds. The molecule has 0 atom stereocenters. The standard InChI is InChI=1S/C9H10BBrO4/c1-2-15-9(12)6-3-7(10(13)14)5-8(11)4-6/h3-5,13-14H,2H2,1H3. The number of rotatable bonds is 3. The van der Waals surface area contributed by atoms with Gasteiger partial charge in [-0.1, -0.05) is 15.9 Å². The molecule has 2 N–H and O–H groups in total. The van der Waals surface area contributed by atoms with Crippen LogP contribution in [0.1, 0.15) is 17.3 Å². The van der Waals surface area contributed by atoms with E-state index in [4.69, 9.17) is 14.8 Å². The summed E-state index contributed by atoms with van der Waals surface area (Å²) in [6.45, 7) is 1.99. The molecule has 1 aromatic carbocycles. The quantitative estimate of drug-likeness (QED) is 0.614. The van der Waals surface area contributed by atoms with Crippen LogP contribution in [0.15, 0.2) is 22.7 Å². The van der Waals surface area contributed by atoms with Crippen molar-refractivity contribution in [1.29, 1.82) is 0 Å². The summed E-state index contributed by atoms with van der Waals surface area (Å²) in [6.07, 6.45) is 0. The third-order valence-electron chi connectivity index (χ3n) is 1.73. The summed E-state index contributed by atoms with van der Waals surface area (Å²) in [6, 6.07) is 4.46. The maximum atomic E-state index is 11.4. The van der Waals surface area contributed by atoms with Crippen molar-refractivity contribution in [2.45, 2.75) is 6.92 Å². The lowest BCUT2D eigenvalue weighted by molar-refractivity contribution is 0.0526. The zero-order valence-electron chi connectivity index (χ0n) is 8.11. The zero-order valence-corrected chi connectivity index (χ0v) is 9.69. The molecule has 0 aliphatic rings. The van der Waals surface area contributed by atoms with E-state index in [2.05, 4.69) is 15.9 Å². The molecule has 0 radical (unpaired) electrons. The molecule has 0 fully saturated rings. The van der Waals surface area contributed by atoms with E-state index in [1.54, 1.807) is 13.0 Å². The molecule has 0 aromatic heterocycles. The molecule has 0 heterocycles. The van der Waals surface area contributed by atoms with Gasteiger partial charge in [0.25, 0.3) is 0 Å². The SMILES string of the molecule is CCOC(=O)c1cc(Br)cc(B(O)O)c1. The summed E-state index contributed by atoms with van der Waals surface area (Å²) in [5, 5.41) is 17.9. The molecule has 0 unspecified atom stereocenters. The molecule has 0 saturated carbocycles. The summed E-state index contributed by atoms with van der Waals surface area (Å²) in [5.41, 5.74) is 0.529. The first-order chi connectivity index (χ1) is 7.04. The van der Waals surface area contributed by atoms with Crippen LogP contribution >= 0.6 is 15.9 Å². The zero-order chi connectivity index (χ0) is 11.4. The molecule has 0 bridgehead atoms. The second kappa shape index (κ2) is 5.30. The number of benzene rings is 1. The van der Waals surface area contributed by atoms with Gasteiger partial charge in [0.05, 0.1) is 12.2 Å². The maximum absolute atomic E-state index is 11.4. The van der Waals surface area contributed by atoms with E-state index in [0.717, 1.165) is 0 Å². The van der Waals surface area contributed by atoms with Gasteiger partial charge in [-0.25, -0.2) is 4.79 Å². The molecule has 0 saturated heterocycles. The lowest BCUT2D eigenvalue weighted by Crippen LogP contribution is -2.30. The molecule has 15 heavy (non-hydrogen) atoms. The third kappa shape index (κ3) is 3.33. The molecule has 0 spiro atoms. The monoisotopic (exact) mass is 272 g/mol. The van der Waals surface area contributed by atoms with Crippen LogP contribution in [0.3, 0.4) is 0 Å². The van der Waals surface area contributed by atoms with E-state index in [-0.39, 0.29) is 17.6 Å². The highest BCUT2D eigenvalue weighted by molar-refractivity contribution is 9.10. The van der Waals surface area contributed by atoms with Crippen molar-refractivity contribution >= 4 is 34.5 Å². The number of ether oxygens (including phenoxy) is 1. The van der Waals surface area contributed by atoms with Gasteiger partial charge in [0.15, 0.2) is 0 Å². The average molecular weight is 273 g/mol. The highest BCUT2D eigenvalue weighted by Crippen LogP contribution is 2.11. The van der Waals surface area contributed by atoms with Gasteiger partial charge in [0, 0.05) is 4.47 Å². The minimum absolute atomic E-state index is 0.243. The summed E-state index contributed by atoms with van der Waals surface area (Å²) in [4.78, 5) is 11.4. The third-order valence-corrected chi connectivity index (χ3v) is 2.19. The molecule has 80 valence electrons. The van der Waals surface area contributed by atoms with Crippen LogP contribution in [0.25, 0.3) is 0 Å². The van der Waals surface area contributed by atoms with Crippen LogP contribution in [-0.4, -0.2) is 29.7 Å². The van der Waals surface area contributed by atoms with Gasteiger partial charge in [0.1, 0.15) is 0 Å². The van der Waals surface area contributed by atoms with Crippen LogP contribution in [0.2, 0.25) is 0 Å². The predicted molar refractivity (Wildman–Crippen MR) is 59.9 cm³/mol. The van der Waals surface area contributed by atoms with Crippen LogP contribution in [-0.2, 0) is 4.74 Å². The van der Waals surface area contributed by atoms with Crippen LogP contribution in [0.5, 0.6) is 0 Å². The minimum atomic E-state index is -1.60. The van der Waals surface area contributed by atoms with Gasteiger partial charge in [-0.15, -0.1) is 0 Å². The van der Waals surface area contributed by atoms with Crippen LogP contribution in [0.4, 0.5) is 0 Å². The average Bonchev–Trinajstić information content (AvgIpc) is 2.17. The Morgan fingerprint density at radius 2 is 2.13 bits per heavy atom. The molecule has 0 aliphatic heterocycles. The first-order valence-corrected chi connectivity index (χ1v) is 5.17. The molecular weight excluding hydrogens is 263 g/mol. The number of carbonyl (C=O) groups excluding carboxylic acids is 1. The van der Waals surface area contributed by atoms with Crippen molar-refractivity contribution in [2.75, 3.05) is 6.61 Å². The molecule has 0 aliphatic carbocycles. The Hall–Kier alpha value is -0.845. The number of carbonyl (C=O) groups is 1. The predicted octanol–water partition coefficient (Wildman–Crippen LogP) is 0.306. The number of halogens is 1. The van der Waals surface area contributed by atoms with E-state index in [1.165, 1.54) is 12.1 Å². The molecular formula is C9H10BBrO4. The summed E-state index contributed by atoms with van der Waals surface area (Å²) < 4.78 is 5.39. The van der Waals surface area contributed by atoms with Crippen molar-refractivity contribution in [2.24, 2.45) is 0 Å². The van der Waals surface area contributed by atoms with Gasteiger partial charge in [-0.3, -0.25) is 0 Å². The first-order valence-electron chi connectivity index (χ1n) is 4.38. The highest BCUT2D eigenvalue weighted by atomic mass is 79.9. The van der Waals surface area contributed by atoms with Gasteiger partial charge in [-0.05, 0) is 30.6 Å². The number of hydrogen-bond donors (Lipinski definition) is 2. The van der Waals surface area contributed by atoms with Crippen molar-refractivity contribution in [3.63, 3.8) is 0 Å². The molecule has 4 nitrogen and oxygen atoms in total. The highest BCUT2D eigenvalue weighted by Gasteiger charge is 2.15. The fraction of sp³-hybridized carbons (Fsp3) is 0.222. The summed E-state index contributed by atoms with van der Waals surface area (Å²) in [7, 11) is -1.60. The van der Waals surface area contributed by atoms with Crippen molar-refractivity contribution in [3.05, 3.63) is 28.2 Å². The second-order valence-corrected chi connectivity index (χ2v) is 3.78. The first kappa shape index (κ1) is 12.2. The molecule has 1 aromatic rings. The fourth-order valence-corrected chi connectivity index (χ4v) is 1.60. The molecule has 6 heteroatoms. The Morgan fingerprint density at radius 1 is 1.47 bits per heavy atom. The van der Waals surface area contributed by atoms with E-state index >= 15 is 0 Å². The maximum Gasteiger partial charge on any atom is 0.488 e. The fourth-order valence-electron chi connectivity index (χ4n) is 1.09. The molecule has 1 rings (SSSR count). The van der Waals surface area contributed by atoms with E-state index in [1.807, 2.05) is 0 Å². The Labute approximate surface area is 96.1 Å². The summed E-state index contributed by atoms with van der Waals surface area (Å²) >= 11 is 3.17. The lowest BCUT2D eigenvalue weighted by atomic mass is 9.79. The van der Waals surface area contributed by atoms with Gasteiger partial charge in [-0.2, -0.15) is 0 Å². The van der Waals surface area contributed by atoms with Crippen molar-refractivity contribution in [3.8, 4) is 0 Å². The van der Waals surface area contributed by atoms with E-state index in [9.17, 15) is 4.79 Å². The van der Waals surface area contributed by atoms with Crippen molar-refractivity contribution in [1.82, 2.24) is 0 Å². The minimum Gasteiger partial charge on any atom is -0.462 e. The smallest absolute Gasteiger partial charge is 0.462 e. The Morgan fingerprint density at radius 3 is 2.67 bits per heavy atom. The van der Waals surface area contributed by atoms with Gasteiger partial charge < -0.3 is 14.8 Å². The van der Waals surface area contributed by atoms with Crippen molar-refractivity contribution < 1.29 is 19.6 Å². The van der Waals surface area contributed by atoms with Crippen LogP contribution < -0.4 is 5.46 Å². The van der Waals surface area contributed by atoms with Gasteiger partial charge >= 0.3 is 13.1 Å². The second-order valence-electron chi connectivity index (χ2n) is 2.87.